The van der Waals surface area contributed by atoms with E-state index in [2.05, 4.69) is 44.3 Å². The first-order chi connectivity index (χ1) is 20.3. The van der Waals surface area contributed by atoms with E-state index in [1.165, 1.54) is 21.8 Å². The van der Waals surface area contributed by atoms with Crippen LogP contribution in [0.5, 0.6) is 0 Å². The van der Waals surface area contributed by atoms with E-state index in [9.17, 15) is 14.8 Å². The van der Waals surface area contributed by atoms with E-state index in [0.29, 0.717) is 0 Å². The Labute approximate surface area is 236 Å². The van der Waals surface area contributed by atoms with E-state index >= 15 is 8.78 Å². The van der Waals surface area contributed by atoms with Gasteiger partial charge in [-0.15, -0.1) is 0 Å². The first-order valence-corrected chi connectivity index (χ1v) is 13.5. The van der Waals surface area contributed by atoms with Crippen LogP contribution in [0.3, 0.4) is 0 Å². The number of ether oxygens (including phenoxy) is 2. The molecular formula is C20H23F2N9O9P2. The molecule has 2 aliphatic heterocycles. The van der Waals surface area contributed by atoms with Crippen LogP contribution in [0.15, 0.2) is 28.6 Å². The van der Waals surface area contributed by atoms with Crippen LogP contribution in [0.1, 0.15) is 12.5 Å². The maximum absolute atomic E-state index is 15.7. The second-order valence-corrected chi connectivity index (χ2v) is 10.3. The second kappa shape index (κ2) is 11.9. The Balaban J connectivity index is 1.11. The molecule has 0 radical (unpaired) electrons. The number of fused-ring (bicyclic) bond motifs is 2. The minimum absolute atomic E-state index is 0.00401. The van der Waals surface area contributed by atoms with Gasteiger partial charge >= 0.3 is 0 Å². The number of anilines is 1. The Morgan fingerprint density at radius 2 is 1.79 bits per heavy atom. The number of nitrogen functional groups attached to an aromatic ring is 1. The van der Waals surface area contributed by atoms with Crippen LogP contribution >= 0.6 is 18.5 Å². The monoisotopic (exact) mass is 633 g/mol. The molecule has 2 saturated heterocycles. The molecular weight excluding hydrogens is 610 g/mol. The summed E-state index contributed by atoms with van der Waals surface area (Å²) >= 11 is 0. The van der Waals surface area contributed by atoms with Gasteiger partial charge in [-0.05, 0) is 0 Å². The molecule has 0 saturated carbocycles. The number of imidazole rings is 2. The number of halogens is 2. The summed E-state index contributed by atoms with van der Waals surface area (Å²) in [5, 5.41) is 9.36. The van der Waals surface area contributed by atoms with Crippen molar-refractivity contribution in [3.05, 3.63) is 39.7 Å². The zero-order valence-electron chi connectivity index (χ0n) is 21.1. The highest BCUT2D eigenvalue weighted by atomic mass is 31.1. The van der Waals surface area contributed by atoms with Crippen molar-refractivity contribution in [2.75, 3.05) is 18.9 Å². The number of hydrogen-bond acceptors (Lipinski definition) is 14. The molecule has 0 spiro atoms. The average molecular weight is 633 g/mol. The highest BCUT2D eigenvalue weighted by Gasteiger charge is 2.50. The molecule has 4 aromatic heterocycles. The summed E-state index contributed by atoms with van der Waals surface area (Å²) in [7, 11) is 1.23. The lowest BCUT2D eigenvalue weighted by molar-refractivity contribution is -0.300. The third-order valence-electron chi connectivity index (χ3n) is 6.85. The van der Waals surface area contributed by atoms with E-state index in [4.69, 9.17) is 28.8 Å². The van der Waals surface area contributed by atoms with Crippen molar-refractivity contribution in [3.63, 3.8) is 0 Å². The van der Waals surface area contributed by atoms with Gasteiger partial charge in [0.1, 0.15) is 0 Å². The number of nitrogens with zero attached hydrogens (tertiary/aromatic N) is 6. The van der Waals surface area contributed by atoms with E-state index in [-0.39, 0.29) is 41.5 Å². The van der Waals surface area contributed by atoms with Crippen LogP contribution in [0.2, 0.25) is 0 Å². The minimum atomic E-state index is -2.01. The topological polar surface area (TPSA) is 229 Å². The number of rotatable bonds is 10. The molecule has 2 fully saturated rings. The number of hydrogen-bond donors (Lipinski definition) is 4. The fourth-order valence-electron chi connectivity index (χ4n) is 4.87. The minimum Gasteiger partial charge on any atom is -0.369 e. The van der Waals surface area contributed by atoms with Gasteiger partial charge in [-0.2, -0.15) is 4.98 Å². The van der Waals surface area contributed by atoms with E-state index in [1.54, 1.807) is 0 Å². The Bertz CT molecular complexity index is 1690. The zero-order chi connectivity index (χ0) is 29.5. The molecule has 4 aromatic rings. The number of H-pyrrole nitrogens is 2. The van der Waals surface area contributed by atoms with E-state index in [0.717, 1.165) is 6.33 Å². The Kier molecular flexibility index (Phi) is 8.23. The van der Waals surface area contributed by atoms with Crippen molar-refractivity contribution in [2.45, 2.75) is 43.3 Å². The van der Waals surface area contributed by atoms with Gasteiger partial charge in [0.2, 0.25) is 5.95 Å². The molecule has 6 heterocycles. The zero-order valence-corrected chi connectivity index (χ0v) is 23.2. The molecule has 22 heteroatoms. The predicted octanol–water partition coefficient (Wildman–Crippen LogP) is 0.0863. The standard InChI is InChI=1S/C20H23F2N9O9P2/c21-8-6(7(2-35-41)37-17(8)30-4-26-10-13(30)24-3-25-15(10)32)1-36-42-40-19-9(22)12(39-34)18(38-19)31-5-27-11-14(31)28-20(23)29-16(11)33/h3-9,12,17-19,34,42H,1-2,41H2,(H,24,25,32)(H3,23,28,29,33)/t6-,7-,8-,9+,12-,17-,18-,19?/m1/s1. The summed E-state index contributed by atoms with van der Waals surface area (Å²) in [6.45, 7) is -0.226. The van der Waals surface area contributed by atoms with Crippen molar-refractivity contribution >= 4 is 46.8 Å². The molecule has 6 rings (SSSR count). The summed E-state index contributed by atoms with van der Waals surface area (Å²) < 4.78 is 60.7. The Morgan fingerprint density at radius 3 is 2.52 bits per heavy atom. The first kappa shape index (κ1) is 29.0. The van der Waals surface area contributed by atoms with Crippen molar-refractivity contribution in [1.82, 2.24) is 39.0 Å². The van der Waals surface area contributed by atoms with Gasteiger partial charge in [0.15, 0.2) is 68.6 Å². The Morgan fingerprint density at radius 1 is 1.05 bits per heavy atom. The van der Waals surface area contributed by atoms with Gasteiger partial charge < -0.3 is 33.8 Å². The summed E-state index contributed by atoms with van der Waals surface area (Å²) in [5.41, 5.74) is 4.52. The summed E-state index contributed by atoms with van der Waals surface area (Å²) in [6, 6.07) is 0. The van der Waals surface area contributed by atoms with Gasteiger partial charge in [0.25, 0.3) is 11.1 Å². The van der Waals surface area contributed by atoms with Crippen LogP contribution in [-0.2, 0) is 27.9 Å². The van der Waals surface area contributed by atoms with Crippen molar-refractivity contribution < 1.29 is 42.0 Å². The lowest BCUT2D eigenvalue weighted by Crippen LogP contribution is -2.31. The molecule has 10 atom stereocenters. The molecule has 18 nitrogen and oxygen atoms in total. The van der Waals surface area contributed by atoms with E-state index < -0.39 is 69.4 Å². The van der Waals surface area contributed by atoms with Crippen molar-refractivity contribution in [3.8, 4) is 0 Å². The molecule has 226 valence electrons. The number of aromatic amines is 2. The molecule has 0 aliphatic carbocycles. The summed E-state index contributed by atoms with van der Waals surface area (Å²) in [6.07, 6.45) is -6.51. The summed E-state index contributed by atoms with van der Waals surface area (Å²) in [4.78, 5) is 49.0. The van der Waals surface area contributed by atoms with Crippen molar-refractivity contribution in [1.29, 1.82) is 0 Å². The van der Waals surface area contributed by atoms with Crippen LogP contribution in [-0.4, -0.2) is 88.4 Å². The lowest BCUT2D eigenvalue weighted by atomic mass is 10.0. The lowest BCUT2D eigenvalue weighted by Gasteiger charge is -2.19. The third-order valence-corrected chi connectivity index (χ3v) is 7.65. The van der Waals surface area contributed by atoms with Gasteiger partial charge in [-0.1, -0.05) is 0 Å². The largest absolute Gasteiger partial charge is 0.369 e. The fraction of sp³-hybridized carbons (Fsp3) is 0.500. The number of alkyl halides is 2. The van der Waals surface area contributed by atoms with Crippen LogP contribution < -0.4 is 16.9 Å². The first-order valence-electron chi connectivity index (χ1n) is 12.2. The SMILES string of the molecule is Nc1nc2c(ncn2[C@@H]2OC(OPOC[C@H]3[C@@H](F)[C@H](n4cnc5c(=O)[nH]cnc54)O[C@@H]3COP)[C@@H](F)[C@H]2OO)c(=O)[nH]1. The van der Waals surface area contributed by atoms with Crippen LogP contribution in [0, 0.1) is 5.92 Å². The smallest absolute Gasteiger partial charge is 0.280 e. The number of nitrogens with one attached hydrogen (secondary N) is 2. The molecule has 42 heavy (non-hydrogen) atoms. The normalized spacial score (nSPS) is 30.0. The molecule has 3 unspecified atom stereocenters. The second-order valence-electron chi connectivity index (χ2n) is 9.26. The summed E-state index contributed by atoms with van der Waals surface area (Å²) in [5.74, 6) is -1.07. The number of nitrogens with two attached hydrogens (primary N) is 1. The molecule has 0 amide bonds. The highest BCUT2D eigenvalue weighted by Crippen LogP contribution is 2.41. The van der Waals surface area contributed by atoms with Gasteiger partial charge in [-0.3, -0.25) is 29.0 Å². The average Bonchev–Trinajstić information content (AvgIpc) is 3.72. The predicted molar refractivity (Wildman–Crippen MR) is 140 cm³/mol. The van der Waals surface area contributed by atoms with Gasteiger partial charge in [0, 0.05) is 15.4 Å². The van der Waals surface area contributed by atoms with E-state index in [1.807, 2.05) is 0 Å². The molecule has 2 aliphatic rings. The highest BCUT2D eigenvalue weighted by molar-refractivity contribution is 7.26. The van der Waals surface area contributed by atoms with Crippen molar-refractivity contribution in [2.24, 2.45) is 5.92 Å². The number of aromatic nitrogens is 8. The van der Waals surface area contributed by atoms with Crippen LogP contribution in [0.4, 0.5) is 14.7 Å². The van der Waals surface area contributed by atoms with Gasteiger partial charge in [0.05, 0.1) is 38.3 Å². The third kappa shape index (κ3) is 5.08. The maximum atomic E-state index is 15.7. The molecule has 5 N–H and O–H groups in total. The quantitative estimate of drug-likeness (QED) is 0.0785. The molecule has 0 bridgehead atoms. The van der Waals surface area contributed by atoms with Crippen LogP contribution in [0.25, 0.3) is 22.3 Å². The Hall–Kier alpha value is -3.06. The maximum Gasteiger partial charge on any atom is 0.280 e. The molecule has 0 aromatic carbocycles. The van der Waals surface area contributed by atoms with Gasteiger partial charge in [-0.25, -0.2) is 28.6 Å². The fourth-order valence-corrected chi connectivity index (χ4v) is 5.67.